The molecule has 0 N–H and O–H groups in total. The van der Waals surface area contributed by atoms with Gasteiger partial charge in [0.15, 0.2) is 5.69 Å². The molecule has 2 aromatic carbocycles. The Labute approximate surface area is 213 Å². The van der Waals surface area contributed by atoms with Gasteiger partial charge in [0.05, 0.1) is 18.0 Å². The van der Waals surface area contributed by atoms with Crippen LogP contribution in [0.15, 0.2) is 77.4 Å². The molecule has 5 aromatic rings. The third kappa shape index (κ3) is 5.31. The van der Waals surface area contributed by atoms with E-state index in [2.05, 4.69) is 15.2 Å². The Hall–Kier alpha value is -4.25. The molecule has 0 unspecified atom stereocenters. The van der Waals surface area contributed by atoms with Crippen LogP contribution in [0.2, 0.25) is 0 Å². The number of hydrogen-bond donors (Lipinski definition) is 0. The van der Waals surface area contributed by atoms with Crippen LogP contribution in [-0.4, -0.2) is 32.5 Å². The zero-order valence-electron chi connectivity index (χ0n) is 19.4. The summed E-state index contributed by atoms with van der Waals surface area (Å²) in [6.45, 7) is 2.43. The van der Waals surface area contributed by atoms with E-state index in [1.807, 2.05) is 12.1 Å². The molecule has 0 aliphatic carbocycles. The smallest absolute Gasteiger partial charge is 0.426 e. The first-order valence-corrected chi connectivity index (χ1v) is 12.0. The molecule has 11 heteroatoms. The lowest BCUT2D eigenvalue weighted by Crippen LogP contribution is -2.07. The first-order valence-electron chi connectivity index (χ1n) is 11.2. The molecule has 0 fully saturated rings. The number of esters is 1. The van der Waals surface area contributed by atoms with E-state index in [-0.39, 0.29) is 34.5 Å². The quantitative estimate of drug-likeness (QED) is 0.224. The van der Waals surface area contributed by atoms with Gasteiger partial charge in [0.1, 0.15) is 4.88 Å². The average molecular weight is 525 g/mol. The van der Waals surface area contributed by atoms with Gasteiger partial charge in [-0.25, -0.2) is 4.79 Å². The summed E-state index contributed by atoms with van der Waals surface area (Å²) >= 11 is 0.570. The van der Waals surface area contributed by atoms with E-state index in [1.165, 1.54) is 6.07 Å². The fourth-order valence-corrected chi connectivity index (χ4v) is 4.66. The minimum absolute atomic E-state index is 0.0137. The van der Waals surface area contributed by atoms with Crippen molar-refractivity contribution in [3.63, 3.8) is 0 Å². The van der Waals surface area contributed by atoms with Gasteiger partial charge >= 0.3 is 12.1 Å². The number of aromatic nitrogens is 4. The number of thiophene rings is 1. The van der Waals surface area contributed by atoms with E-state index >= 15 is 0 Å². The molecule has 0 saturated carbocycles. The summed E-state index contributed by atoms with van der Waals surface area (Å²) in [5.74, 6) is -0.207. The van der Waals surface area contributed by atoms with Crippen LogP contribution in [-0.2, 0) is 17.5 Å². The number of carbonyl (C=O) groups excluding carboxylic acids is 1. The third-order valence-corrected chi connectivity index (χ3v) is 6.56. The third-order valence-electron chi connectivity index (χ3n) is 5.39. The predicted molar refractivity (Wildman–Crippen MR) is 131 cm³/mol. The van der Waals surface area contributed by atoms with Gasteiger partial charge in [-0.15, -0.1) is 11.3 Å². The fraction of sp³-hybridized carbons (Fsp3) is 0.154. The highest BCUT2D eigenvalue weighted by Crippen LogP contribution is 2.45. The molecule has 7 nitrogen and oxygen atoms in total. The molecule has 188 valence electrons. The number of carbonyl (C=O) groups is 1. The van der Waals surface area contributed by atoms with Crippen molar-refractivity contribution >= 4 is 17.3 Å². The number of rotatable bonds is 7. The second-order valence-corrected chi connectivity index (χ2v) is 9.01. The highest BCUT2D eigenvalue weighted by Gasteiger charge is 2.37. The zero-order valence-corrected chi connectivity index (χ0v) is 20.2. The van der Waals surface area contributed by atoms with Gasteiger partial charge < -0.3 is 9.26 Å². The van der Waals surface area contributed by atoms with Gasteiger partial charge in [-0.1, -0.05) is 59.8 Å². The molecular formula is C26H19F3N4O3S. The number of nitrogens with zero attached hydrogens (tertiary/aromatic N) is 4. The van der Waals surface area contributed by atoms with Gasteiger partial charge in [0.2, 0.25) is 5.82 Å². The lowest BCUT2D eigenvalue weighted by molar-refractivity contribution is -0.133. The van der Waals surface area contributed by atoms with E-state index in [1.54, 1.807) is 66.3 Å². The van der Waals surface area contributed by atoms with Gasteiger partial charge in [-0.3, -0.25) is 4.68 Å². The highest BCUT2D eigenvalue weighted by molar-refractivity contribution is 7.16. The molecule has 3 heterocycles. The molecule has 0 atom stereocenters. The van der Waals surface area contributed by atoms with Crippen molar-refractivity contribution in [2.75, 3.05) is 6.61 Å². The topological polar surface area (TPSA) is 83.0 Å². The van der Waals surface area contributed by atoms with Crippen LogP contribution in [0.3, 0.4) is 0 Å². The minimum Gasteiger partial charge on any atom is -0.461 e. The molecule has 0 aliphatic rings. The van der Waals surface area contributed by atoms with Crippen molar-refractivity contribution in [3.8, 4) is 33.3 Å². The summed E-state index contributed by atoms with van der Waals surface area (Å²) in [5.41, 5.74) is 2.31. The number of alkyl halides is 3. The molecule has 37 heavy (non-hydrogen) atoms. The van der Waals surface area contributed by atoms with Crippen molar-refractivity contribution in [2.45, 2.75) is 19.6 Å². The number of halogens is 3. The van der Waals surface area contributed by atoms with E-state index in [4.69, 9.17) is 9.26 Å². The Balaban J connectivity index is 1.35. The maximum absolute atomic E-state index is 13.7. The molecular weight excluding hydrogens is 505 g/mol. The lowest BCUT2D eigenvalue weighted by Gasteiger charge is -2.07. The van der Waals surface area contributed by atoms with Crippen LogP contribution in [0.4, 0.5) is 13.2 Å². The number of ether oxygens (including phenoxy) is 1. The summed E-state index contributed by atoms with van der Waals surface area (Å²) in [7, 11) is 0. The van der Waals surface area contributed by atoms with Crippen molar-refractivity contribution in [1.29, 1.82) is 0 Å². The predicted octanol–water partition coefficient (Wildman–Crippen LogP) is 6.57. The zero-order chi connectivity index (χ0) is 26.0. The Morgan fingerprint density at radius 2 is 1.81 bits per heavy atom. The molecule has 0 bridgehead atoms. The number of benzene rings is 2. The first-order chi connectivity index (χ1) is 17.8. The first kappa shape index (κ1) is 24.4. The van der Waals surface area contributed by atoms with Crippen LogP contribution in [0, 0.1) is 0 Å². The normalized spacial score (nSPS) is 11.6. The summed E-state index contributed by atoms with van der Waals surface area (Å²) in [6.07, 6.45) is -2.83. The molecule has 0 aliphatic heterocycles. The molecule has 5 rings (SSSR count). The summed E-state index contributed by atoms with van der Waals surface area (Å²) < 4.78 is 53.0. The van der Waals surface area contributed by atoms with E-state index in [0.717, 1.165) is 5.56 Å². The van der Waals surface area contributed by atoms with Crippen LogP contribution in [0.25, 0.3) is 33.3 Å². The monoisotopic (exact) mass is 524 g/mol. The van der Waals surface area contributed by atoms with E-state index < -0.39 is 17.0 Å². The lowest BCUT2D eigenvalue weighted by atomic mass is 10.1. The van der Waals surface area contributed by atoms with Crippen molar-refractivity contribution in [2.24, 2.45) is 0 Å². The summed E-state index contributed by atoms with van der Waals surface area (Å²) in [4.78, 5) is 15.6. The van der Waals surface area contributed by atoms with Crippen LogP contribution >= 0.6 is 11.3 Å². The minimum atomic E-state index is -4.52. The fourth-order valence-electron chi connectivity index (χ4n) is 3.69. The highest BCUT2D eigenvalue weighted by atomic mass is 32.1. The summed E-state index contributed by atoms with van der Waals surface area (Å²) in [5, 5.41) is 8.17. The second kappa shape index (κ2) is 10.0. The molecule has 3 aromatic heterocycles. The second-order valence-electron chi connectivity index (χ2n) is 7.96. The van der Waals surface area contributed by atoms with Gasteiger partial charge in [-0.05, 0) is 30.2 Å². The Morgan fingerprint density at radius 3 is 2.51 bits per heavy atom. The number of hydrogen-bond acceptors (Lipinski definition) is 7. The van der Waals surface area contributed by atoms with Gasteiger partial charge in [0, 0.05) is 17.3 Å². The molecule has 0 spiro atoms. The van der Waals surface area contributed by atoms with Crippen molar-refractivity contribution < 1.29 is 27.2 Å². The molecule has 0 amide bonds. The van der Waals surface area contributed by atoms with Gasteiger partial charge in [-0.2, -0.15) is 23.3 Å². The average Bonchev–Trinajstić information content (AvgIpc) is 3.64. The van der Waals surface area contributed by atoms with Crippen molar-refractivity contribution in [3.05, 3.63) is 89.1 Å². The molecule has 0 saturated heterocycles. The summed E-state index contributed by atoms with van der Waals surface area (Å²) in [6, 6.07) is 18.6. The van der Waals surface area contributed by atoms with Gasteiger partial charge in [0.25, 0.3) is 5.89 Å². The Kier molecular flexibility index (Phi) is 6.62. The standard InChI is InChI=1S/C26H19F3N4O3S/c1-2-35-25(34)20-12-13-33(31-20)15-16-8-10-18(11-9-16)23-30-24(36-32-23)21-14-19(17-6-4-3-5-7-17)22(37-21)26(27,28)29/h3-14H,2,15H2,1H3. The van der Waals surface area contributed by atoms with Crippen LogP contribution < -0.4 is 0 Å². The van der Waals surface area contributed by atoms with Crippen molar-refractivity contribution in [1.82, 2.24) is 19.9 Å². The SMILES string of the molecule is CCOC(=O)c1ccn(Cc2ccc(-c3noc(-c4cc(-c5ccccc5)c(C(F)(F)F)s4)n3)cc2)n1. The largest absolute Gasteiger partial charge is 0.461 e. The van der Waals surface area contributed by atoms with Crippen LogP contribution in [0.5, 0.6) is 0 Å². The van der Waals surface area contributed by atoms with E-state index in [9.17, 15) is 18.0 Å². The molecule has 0 radical (unpaired) electrons. The maximum Gasteiger partial charge on any atom is 0.426 e. The Morgan fingerprint density at radius 1 is 1.05 bits per heavy atom. The van der Waals surface area contributed by atoms with E-state index in [0.29, 0.717) is 29.0 Å². The van der Waals surface area contributed by atoms with Crippen LogP contribution in [0.1, 0.15) is 27.9 Å². The Bertz CT molecular complexity index is 1520. The maximum atomic E-state index is 13.7.